The van der Waals surface area contributed by atoms with Crippen molar-refractivity contribution < 1.29 is 0 Å². The van der Waals surface area contributed by atoms with Crippen LogP contribution in [0.25, 0.3) is 10.9 Å². The molecule has 4 aromatic rings. The van der Waals surface area contributed by atoms with Crippen LogP contribution in [-0.4, -0.2) is 51.9 Å². The number of anilines is 3. The smallest absolute Gasteiger partial charge is 0.250 e. The van der Waals surface area contributed by atoms with E-state index in [2.05, 4.69) is 61.4 Å². The third-order valence-electron chi connectivity index (χ3n) is 7.38. The lowest BCUT2D eigenvalue weighted by atomic mass is 10.1. The number of nitrogens with one attached hydrogen (secondary N) is 1. The first-order valence-electron chi connectivity index (χ1n) is 13.6. The number of aromatic nitrogens is 4. The monoisotopic (exact) mass is 528 g/mol. The standard InChI is InChI=1S/C29H33ClN8/c30-25-13-5-3-11-22(25)20-38-21-23(24-12-4-6-14-26(24)38)19-31-35-27-32-28(36-15-7-1-8-16-36)34-29(33-27)37-17-9-2-10-18-37/h3-6,11-14,19,21H,1-2,7-10,15-18,20H2,(H,32,33,34,35)/b31-19+. The molecule has 4 heterocycles. The Morgan fingerprint density at radius 3 is 2.11 bits per heavy atom. The van der Waals surface area contributed by atoms with Crippen LogP contribution in [-0.2, 0) is 6.54 Å². The zero-order valence-electron chi connectivity index (χ0n) is 21.6. The molecule has 0 spiro atoms. The molecule has 2 saturated heterocycles. The predicted octanol–water partition coefficient (Wildman–Crippen LogP) is 5.95. The molecule has 196 valence electrons. The molecule has 0 unspecified atom stereocenters. The highest BCUT2D eigenvalue weighted by atomic mass is 35.5. The van der Waals surface area contributed by atoms with Crippen molar-refractivity contribution >= 4 is 46.6 Å². The normalized spacial score (nSPS) is 16.4. The van der Waals surface area contributed by atoms with E-state index in [1.807, 2.05) is 24.4 Å². The molecule has 2 aromatic heterocycles. The van der Waals surface area contributed by atoms with Crippen LogP contribution in [0.1, 0.15) is 49.7 Å². The van der Waals surface area contributed by atoms with Crippen LogP contribution in [0.5, 0.6) is 0 Å². The first-order chi connectivity index (χ1) is 18.7. The van der Waals surface area contributed by atoms with E-state index < -0.39 is 0 Å². The van der Waals surface area contributed by atoms with Crippen molar-refractivity contribution in [2.45, 2.75) is 45.1 Å². The van der Waals surface area contributed by atoms with Gasteiger partial charge in [-0.1, -0.05) is 48.0 Å². The van der Waals surface area contributed by atoms with Crippen LogP contribution in [0.4, 0.5) is 17.8 Å². The van der Waals surface area contributed by atoms with Gasteiger partial charge in [0.2, 0.25) is 17.8 Å². The Kier molecular flexibility index (Phi) is 7.40. The number of hydrogen-bond donors (Lipinski definition) is 1. The van der Waals surface area contributed by atoms with Crippen molar-refractivity contribution in [3.05, 3.63) is 70.9 Å². The fourth-order valence-corrected chi connectivity index (χ4v) is 5.55. The van der Waals surface area contributed by atoms with E-state index in [-0.39, 0.29) is 0 Å². The number of para-hydroxylation sites is 1. The maximum atomic E-state index is 6.45. The molecule has 6 rings (SSSR count). The summed E-state index contributed by atoms with van der Waals surface area (Å²) in [6.45, 7) is 4.62. The number of halogens is 1. The third kappa shape index (κ3) is 5.45. The molecule has 0 radical (unpaired) electrons. The van der Waals surface area contributed by atoms with Gasteiger partial charge in [-0.25, -0.2) is 5.43 Å². The van der Waals surface area contributed by atoms with Gasteiger partial charge < -0.3 is 14.4 Å². The molecule has 2 fully saturated rings. The van der Waals surface area contributed by atoms with Gasteiger partial charge in [-0.3, -0.25) is 0 Å². The molecule has 1 N–H and O–H groups in total. The molecule has 38 heavy (non-hydrogen) atoms. The van der Waals surface area contributed by atoms with Crippen LogP contribution in [0.2, 0.25) is 5.02 Å². The summed E-state index contributed by atoms with van der Waals surface area (Å²) in [5.74, 6) is 1.97. The molecular formula is C29H33ClN8. The molecule has 0 bridgehead atoms. The van der Waals surface area contributed by atoms with Gasteiger partial charge in [0, 0.05) is 60.4 Å². The summed E-state index contributed by atoms with van der Waals surface area (Å²) in [6, 6.07) is 16.3. The Bertz CT molecular complexity index is 1380. The number of hydrazone groups is 1. The Morgan fingerprint density at radius 1 is 0.789 bits per heavy atom. The molecule has 8 nitrogen and oxygen atoms in total. The van der Waals surface area contributed by atoms with Gasteiger partial charge in [-0.05, 0) is 56.2 Å². The van der Waals surface area contributed by atoms with E-state index in [4.69, 9.17) is 26.6 Å². The van der Waals surface area contributed by atoms with Gasteiger partial charge in [0.15, 0.2) is 0 Å². The molecule has 2 aliphatic rings. The van der Waals surface area contributed by atoms with Gasteiger partial charge in [0.05, 0.1) is 6.21 Å². The van der Waals surface area contributed by atoms with Crippen molar-refractivity contribution in [2.24, 2.45) is 5.10 Å². The Morgan fingerprint density at radius 2 is 1.42 bits per heavy atom. The maximum absolute atomic E-state index is 6.45. The third-order valence-corrected chi connectivity index (χ3v) is 7.74. The fraction of sp³-hybridized carbons (Fsp3) is 0.379. The van der Waals surface area contributed by atoms with Gasteiger partial charge >= 0.3 is 0 Å². The van der Waals surface area contributed by atoms with E-state index in [1.54, 1.807) is 0 Å². The van der Waals surface area contributed by atoms with Crippen molar-refractivity contribution in [1.29, 1.82) is 0 Å². The van der Waals surface area contributed by atoms with Crippen LogP contribution in [0.15, 0.2) is 59.8 Å². The summed E-state index contributed by atoms with van der Waals surface area (Å²) < 4.78 is 2.21. The van der Waals surface area contributed by atoms with E-state index in [9.17, 15) is 0 Å². The highest BCUT2D eigenvalue weighted by Gasteiger charge is 2.20. The zero-order chi connectivity index (χ0) is 25.7. The summed E-state index contributed by atoms with van der Waals surface area (Å²) >= 11 is 6.45. The van der Waals surface area contributed by atoms with Crippen molar-refractivity contribution in [3.63, 3.8) is 0 Å². The molecule has 0 saturated carbocycles. The van der Waals surface area contributed by atoms with Crippen LogP contribution in [0.3, 0.4) is 0 Å². The zero-order valence-corrected chi connectivity index (χ0v) is 22.3. The average molecular weight is 529 g/mol. The number of benzene rings is 2. The lowest BCUT2D eigenvalue weighted by Gasteiger charge is -2.30. The maximum Gasteiger partial charge on any atom is 0.250 e. The summed E-state index contributed by atoms with van der Waals surface area (Å²) in [4.78, 5) is 18.9. The molecular weight excluding hydrogens is 496 g/mol. The van der Waals surface area contributed by atoms with Crippen LogP contribution < -0.4 is 15.2 Å². The van der Waals surface area contributed by atoms with E-state index in [0.717, 1.165) is 65.1 Å². The number of nitrogens with zero attached hydrogens (tertiary/aromatic N) is 7. The second kappa shape index (κ2) is 11.4. The summed E-state index contributed by atoms with van der Waals surface area (Å²) in [6.07, 6.45) is 11.2. The first kappa shape index (κ1) is 24.7. The lowest BCUT2D eigenvalue weighted by Crippen LogP contribution is -2.34. The molecule has 9 heteroatoms. The number of hydrogen-bond acceptors (Lipinski definition) is 7. The second-order valence-electron chi connectivity index (χ2n) is 10.0. The highest BCUT2D eigenvalue weighted by molar-refractivity contribution is 6.31. The van der Waals surface area contributed by atoms with Crippen molar-refractivity contribution in [1.82, 2.24) is 19.5 Å². The summed E-state index contributed by atoms with van der Waals surface area (Å²) in [5, 5.41) is 6.47. The van der Waals surface area contributed by atoms with Gasteiger partial charge in [-0.2, -0.15) is 20.1 Å². The lowest BCUT2D eigenvalue weighted by molar-refractivity contribution is 0.556. The summed E-state index contributed by atoms with van der Waals surface area (Å²) in [5.41, 5.74) is 6.34. The van der Waals surface area contributed by atoms with Gasteiger partial charge in [0.25, 0.3) is 0 Å². The quantitative estimate of drug-likeness (QED) is 0.236. The van der Waals surface area contributed by atoms with Crippen molar-refractivity contribution in [3.8, 4) is 0 Å². The minimum absolute atomic E-state index is 0.484. The average Bonchev–Trinajstić information content (AvgIpc) is 3.32. The van der Waals surface area contributed by atoms with E-state index in [0.29, 0.717) is 12.5 Å². The van der Waals surface area contributed by atoms with Crippen molar-refractivity contribution in [2.75, 3.05) is 41.4 Å². The first-order valence-corrected chi connectivity index (χ1v) is 14.0. The number of fused-ring (bicyclic) bond motifs is 1. The van der Waals surface area contributed by atoms with Gasteiger partial charge in [-0.15, -0.1) is 0 Å². The molecule has 0 atom stereocenters. The van der Waals surface area contributed by atoms with Crippen LogP contribution in [0, 0.1) is 0 Å². The second-order valence-corrected chi connectivity index (χ2v) is 10.5. The molecule has 0 aliphatic carbocycles. The molecule has 0 amide bonds. The summed E-state index contributed by atoms with van der Waals surface area (Å²) in [7, 11) is 0. The number of piperidine rings is 2. The topological polar surface area (TPSA) is 74.5 Å². The SMILES string of the molecule is Clc1ccccc1Cn1cc(/C=N/Nc2nc(N3CCCCC3)nc(N3CCCCC3)n2)c2ccccc21. The molecule has 2 aromatic carbocycles. The van der Waals surface area contributed by atoms with E-state index in [1.165, 1.54) is 38.5 Å². The highest BCUT2D eigenvalue weighted by Crippen LogP contribution is 2.25. The number of rotatable bonds is 7. The Labute approximate surface area is 228 Å². The minimum Gasteiger partial charge on any atom is -0.342 e. The predicted molar refractivity (Wildman–Crippen MR) is 156 cm³/mol. The Balaban J connectivity index is 1.26. The van der Waals surface area contributed by atoms with Gasteiger partial charge in [0.1, 0.15) is 0 Å². The fourth-order valence-electron chi connectivity index (χ4n) is 5.35. The molecule has 2 aliphatic heterocycles. The largest absolute Gasteiger partial charge is 0.342 e. The van der Waals surface area contributed by atoms with Crippen LogP contribution >= 0.6 is 11.6 Å². The minimum atomic E-state index is 0.484. The van der Waals surface area contributed by atoms with E-state index >= 15 is 0 Å². The Hall–Kier alpha value is -3.65.